The average molecular weight is 407 g/mol. The van der Waals surface area contributed by atoms with Gasteiger partial charge >= 0.3 is 6.18 Å². The van der Waals surface area contributed by atoms with Crippen molar-refractivity contribution in [3.63, 3.8) is 0 Å². The quantitative estimate of drug-likeness (QED) is 0.728. The van der Waals surface area contributed by atoms with Gasteiger partial charge in [0.1, 0.15) is 11.4 Å². The number of benzene rings is 1. The van der Waals surface area contributed by atoms with Gasteiger partial charge in [0.15, 0.2) is 0 Å². The second kappa shape index (κ2) is 8.16. The minimum absolute atomic E-state index is 0.0562. The first-order valence-corrected chi connectivity index (χ1v) is 9.73. The molecule has 1 aliphatic heterocycles. The summed E-state index contributed by atoms with van der Waals surface area (Å²) in [5, 5.41) is 5.91. The number of nitrogens with zero attached hydrogens (tertiary/aromatic N) is 3. The first kappa shape index (κ1) is 19.9. The molecule has 1 aromatic carbocycles. The lowest BCUT2D eigenvalue weighted by Gasteiger charge is -2.28. The molecule has 4 rings (SSSR count). The smallest absolute Gasteiger partial charge is 0.383 e. The van der Waals surface area contributed by atoms with Crippen LogP contribution in [0, 0.1) is 0 Å². The summed E-state index contributed by atoms with van der Waals surface area (Å²) in [4.78, 5) is 10.3. The summed E-state index contributed by atoms with van der Waals surface area (Å²) in [6.45, 7) is 3.35. The third-order valence-electron chi connectivity index (χ3n) is 5.18. The van der Waals surface area contributed by atoms with Crippen molar-refractivity contribution in [2.75, 3.05) is 37.4 Å². The molecule has 29 heavy (non-hydrogen) atoms. The first-order chi connectivity index (χ1) is 13.9. The van der Waals surface area contributed by atoms with Gasteiger partial charge in [0, 0.05) is 44.7 Å². The summed E-state index contributed by atoms with van der Waals surface area (Å²) >= 11 is 0. The first-order valence-electron chi connectivity index (χ1n) is 9.73. The van der Waals surface area contributed by atoms with Crippen LogP contribution in [0.3, 0.4) is 0 Å². The Bertz CT molecular complexity index is 870. The highest BCUT2D eigenvalue weighted by Gasteiger charge is 2.36. The Morgan fingerprint density at radius 3 is 2.79 bits per heavy atom. The molecule has 1 aliphatic carbocycles. The summed E-state index contributed by atoms with van der Waals surface area (Å²) in [7, 11) is 1.69. The Morgan fingerprint density at radius 2 is 2.07 bits per heavy atom. The van der Waals surface area contributed by atoms with Gasteiger partial charge in [-0.05, 0) is 42.5 Å². The fourth-order valence-corrected chi connectivity index (χ4v) is 3.41. The highest BCUT2D eigenvalue weighted by atomic mass is 19.4. The average Bonchev–Trinajstić information content (AvgIpc) is 3.49. The van der Waals surface area contributed by atoms with Crippen LogP contribution in [-0.2, 0) is 23.9 Å². The Hall–Kier alpha value is -2.39. The van der Waals surface area contributed by atoms with Crippen LogP contribution in [0.15, 0.2) is 24.4 Å². The second-order valence-corrected chi connectivity index (χ2v) is 7.50. The minimum atomic E-state index is -4.49. The van der Waals surface area contributed by atoms with Crippen molar-refractivity contribution in [2.45, 2.75) is 38.0 Å². The molecule has 1 saturated carbocycles. The van der Waals surface area contributed by atoms with Crippen LogP contribution in [0.5, 0.6) is 0 Å². The lowest BCUT2D eigenvalue weighted by Crippen LogP contribution is -2.33. The molecule has 2 aromatic rings. The Morgan fingerprint density at radius 1 is 1.24 bits per heavy atom. The van der Waals surface area contributed by atoms with Crippen molar-refractivity contribution in [1.82, 2.24) is 14.9 Å². The number of alkyl halides is 3. The van der Waals surface area contributed by atoms with E-state index in [1.807, 2.05) is 12.1 Å². The number of methoxy groups -OCH3 is 1. The molecule has 0 bridgehead atoms. The number of hydrogen-bond acceptors (Lipinski definition) is 6. The molecule has 0 unspecified atom stereocenters. The second-order valence-electron chi connectivity index (χ2n) is 7.50. The monoisotopic (exact) mass is 407 g/mol. The normalized spacial score (nSPS) is 17.1. The Labute approximate surface area is 167 Å². The summed E-state index contributed by atoms with van der Waals surface area (Å²) < 4.78 is 44.9. The topological polar surface area (TPSA) is 62.3 Å². The molecule has 0 saturated heterocycles. The van der Waals surface area contributed by atoms with E-state index in [1.165, 1.54) is 11.1 Å². The summed E-state index contributed by atoms with van der Waals surface area (Å²) in [5.74, 6) is -0.0191. The predicted molar refractivity (Wildman–Crippen MR) is 104 cm³/mol. The maximum absolute atomic E-state index is 13.2. The van der Waals surface area contributed by atoms with Crippen LogP contribution in [0.2, 0.25) is 0 Å². The number of hydrogen-bond donors (Lipinski definition) is 2. The summed E-state index contributed by atoms with van der Waals surface area (Å²) in [6, 6.07) is 6.04. The van der Waals surface area contributed by atoms with E-state index in [2.05, 4.69) is 31.6 Å². The third kappa shape index (κ3) is 4.97. The summed E-state index contributed by atoms with van der Waals surface area (Å²) in [5.41, 5.74) is 2.40. The van der Waals surface area contributed by atoms with Crippen LogP contribution in [0.1, 0.15) is 29.5 Å². The highest BCUT2D eigenvalue weighted by molar-refractivity contribution is 5.59. The molecule has 6 nitrogen and oxygen atoms in total. The molecule has 2 heterocycles. The molecule has 2 aliphatic rings. The van der Waals surface area contributed by atoms with Gasteiger partial charge in [-0.2, -0.15) is 18.2 Å². The van der Waals surface area contributed by atoms with Crippen LogP contribution in [0.25, 0.3) is 0 Å². The largest absolute Gasteiger partial charge is 0.421 e. The van der Waals surface area contributed by atoms with E-state index in [0.717, 1.165) is 50.8 Å². The molecule has 9 heteroatoms. The minimum Gasteiger partial charge on any atom is -0.383 e. The fourth-order valence-electron chi connectivity index (χ4n) is 3.41. The van der Waals surface area contributed by atoms with Crippen LogP contribution < -0.4 is 10.6 Å². The van der Waals surface area contributed by atoms with Crippen molar-refractivity contribution in [3.8, 4) is 0 Å². The van der Waals surface area contributed by atoms with Crippen molar-refractivity contribution in [1.29, 1.82) is 0 Å². The van der Waals surface area contributed by atoms with E-state index in [-0.39, 0.29) is 17.8 Å². The van der Waals surface area contributed by atoms with Gasteiger partial charge in [-0.1, -0.05) is 6.07 Å². The predicted octanol–water partition coefficient (Wildman–Crippen LogP) is 3.82. The number of fused-ring (bicyclic) bond motifs is 1. The van der Waals surface area contributed by atoms with Crippen LogP contribution in [-0.4, -0.2) is 47.7 Å². The van der Waals surface area contributed by atoms with Crippen LogP contribution >= 0.6 is 0 Å². The highest BCUT2D eigenvalue weighted by Crippen LogP contribution is 2.36. The van der Waals surface area contributed by atoms with Gasteiger partial charge in [-0.3, -0.25) is 4.90 Å². The lowest BCUT2D eigenvalue weighted by molar-refractivity contribution is -0.137. The molecule has 0 atom stereocenters. The van der Waals surface area contributed by atoms with Gasteiger partial charge in [-0.25, -0.2) is 4.98 Å². The molecule has 2 N–H and O–H groups in total. The third-order valence-corrected chi connectivity index (χ3v) is 5.18. The number of halogens is 3. The Kier molecular flexibility index (Phi) is 5.60. The zero-order chi connectivity index (χ0) is 20.4. The maximum Gasteiger partial charge on any atom is 0.421 e. The molecule has 0 spiro atoms. The lowest BCUT2D eigenvalue weighted by atomic mass is 9.99. The molecule has 156 valence electrons. The van der Waals surface area contributed by atoms with Crippen molar-refractivity contribution >= 4 is 17.5 Å². The molecule has 1 aromatic heterocycles. The number of anilines is 3. The fraction of sp³-hybridized carbons (Fsp3) is 0.500. The Balaban J connectivity index is 1.52. The van der Waals surface area contributed by atoms with Gasteiger partial charge in [0.05, 0.1) is 6.61 Å². The number of aromatic nitrogens is 2. The van der Waals surface area contributed by atoms with Gasteiger partial charge in [-0.15, -0.1) is 0 Å². The van der Waals surface area contributed by atoms with Gasteiger partial charge < -0.3 is 15.4 Å². The van der Waals surface area contributed by atoms with Crippen LogP contribution in [0.4, 0.5) is 30.6 Å². The van der Waals surface area contributed by atoms with E-state index >= 15 is 0 Å². The maximum atomic E-state index is 13.2. The molecular weight excluding hydrogens is 383 g/mol. The van der Waals surface area contributed by atoms with E-state index in [4.69, 9.17) is 4.74 Å². The van der Waals surface area contributed by atoms with Gasteiger partial charge in [0.2, 0.25) is 5.95 Å². The van der Waals surface area contributed by atoms with Gasteiger partial charge in [0.25, 0.3) is 0 Å². The van der Waals surface area contributed by atoms with E-state index < -0.39 is 11.7 Å². The van der Waals surface area contributed by atoms with Crippen molar-refractivity contribution in [3.05, 3.63) is 41.1 Å². The number of nitrogens with one attached hydrogen (secondary N) is 2. The van der Waals surface area contributed by atoms with E-state index in [9.17, 15) is 13.2 Å². The van der Waals surface area contributed by atoms with E-state index in [0.29, 0.717) is 6.61 Å². The van der Waals surface area contributed by atoms with Crippen molar-refractivity contribution < 1.29 is 17.9 Å². The molecular formula is C20H24F3N5O. The standard InChI is InChI=1S/C20H24F3N5O/c1-29-9-8-28-7-6-13-2-3-16(10-14(13)12-28)26-19-24-11-17(20(21,22)23)18(27-19)25-15-4-5-15/h2-3,10-11,15H,4-9,12H2,1H3,(H2,24,25,26,27). The molecule has 1 fully saturated rings. The number of rotatable bonds is 7. The SMILES string of the molecule is COCCN1CCc2ccc(Nc3ncc(C(F)(F)F)c(NC4CC4)n3)cc2C1. The van der Waals surface area contributed by atoms with Crippen molar-refractivity contribution in [2.24, 2.45) is 0 Å². The molecule has 0 radical (unpaired) electrons. The number of ether oxygens (including phenoxy) is 1. The zero-order valence-corrected chi connectivity index (χ0v) is 16.2. The molecule has 0 amide bonds. The van der Waals surface area contributed by atoms with E-state index in [1.54, 1.807) is 7.11 Å². The zero-order valence-electron chi connectivity index (χ0n) is 16.2. The summed E-state index contributed by atoms with van der Waals surface area (Å²) in [6.07, 6.45) is -0.980.